The van der Waals surface area contributed by atoms with E-state index in [1.807, 2.05) is 11.5 Å². The molecule has 2 heterocycles. The number of nitrogens with one attached hydrogen (secondary N) is 1. The number of ether oxygens (including phenoxy) is 1. The Morgan fingerprint density at radius 1 is 1.27 bits per heavy atom. The normalized spacial score (nSPS) is 13.1. The zero-order valence-corrected chi connectivity index (χ0v) is 14.3. The first-order valence-electron chi connectivity index (χ1n) is 8.00. The lowest BCUT2D eigenvalue weighted by molar-refractivity contribution is -0.136. The van der Waals surface area contributed by atoms with Crippen molar-refractivity contribution >= 4 is 16.6 Å². The Labute approximate surface area is 148 Å². The van der Waals surface area contributed by atoms with Crippen LogP contribution in [-0.4, -0.2) is 33.5 Å². The molecular formula is C17H18F3N5O. The van der Waals surface area contributed by atoms with Crippen LogP contribution in [0.4, 0.5) is 18.9 Å². The first-order valence-corrected chi connectivity index (χ1v) is 8.00. The van der Waals surface area contributed by atoms with Gasteiger partial charge in [0, 0.05) is 30.9 Å². The highest BCUT2D eigenvalue weighted by Crippen LogP contribution is 2.36. The summed E-state index contributed by atoms with van der Waals surface area (Å²) in [6.07, 6.45) is -1.50. The lowest BCUT2D eigenvalue weighted by Gasteiger charge is -2.18. The molecule has 0 saturated heterocycles. The molecule has 0 aliphatic heterocycles. The zero-order valence-electron chi connectivity index (χ0n) is 14.3. The Kier molecular flexibility index (Phi) is 5.08. The minimum atomic E-state index is -4.46. The molecule has 1 unspecified atom stereocenters. The van der Waals surface area contributed by atoms with Crippen molar-refractivity contribution in [2.45, 2.75) is 25.7 Å². The van der Waals surface area contributed by atoms with Crippen LogP contribution in [0.1, 0.15) is 24.4 Å². The molecule has 0 amide bonds. The summed E-state index contributed by atoms with van der Waals surface area (Å²) in [4.78, 5) is 3.93. The van der Waals surface area contributed by atoms with Crippen LogP contribution >= 0.6 is 0 Å². The van der Waals surface area contributed by atoms with E-state index in [1.54, 1.807) is 25.6 Å². The lowest BCUT2D eigenvalue weighted by atomic mass is 10.1. The molecule has 6 nitrogen and oxygen atoms in total. The van der Waals surface area contributed by atoms with E-state index in [0.717, 1.165) is 6.07 Å². The fourth-order valence-corrected chi connectivity index (χ4v) is 2.79. The molecule has 0 radical (unpaired) electrons. The van der Waals surface area contributed by atoms with Gasteiger partial charge in [-0.1, -0.05) is 12.1 Å². The van der Waals surface area contributed by atoms with Gasteiger partial charge in [-0.05, 0) is 19.1 Å². The summed E-state index contributed by atoms with van der Waals surface area (Å²) in [5.41, 5.74) is -0.289. The summed E-state index contributed by atoms with van der Waals surface area (Å²) in [7, 11) is 1.60. The highest BCUT2D eigenvalue weighted by molar-refractivity contribution is 5.93. The van der Waals surface area contributed by atoms with Gasteiger partial charge in [0.05, 0.1) is 23.7 Å². The van der Waals surface area contributed by atoms with Crippen LogP contribution in [-0.2, 0) is 17.5 Å². The van der Waals surface area contributed by atoms with Gasteiger partial charge in [0.1, 0.15) is 6.33 Å². The summed E-state index contributed by atoms with van der Waals surface area (Å²) < 4.78 is 46.5. The summed E-state index contributed by atoms with van der Waals surface area (Å²) in [6.45, 7) is 2.96. The van der Waals surface area contributed by atoms with Crippen molar-refractivity contribution in [1.29, 1.82) is 0 Å². The van der Waals surface area contributed by atoms with Gasteiger partial charge in [0.25, 0.3) is 0 Å². The number of halogens is 3. The largest absolute Gasteiger partial charge is 0.418 e. The molecule has 1 atom stereocenters. The SMILES string of the molecule is COCCn1cnnc1C(C)Nc1ccnc2c(C(F)(F)F)cccc12. The monoisotopic (exact) mass is 365 g/mol. The molecule has 0 saturated carbocycles. The third kappa shape index (κ3) is 3.62. The molecule has 0 fully saturated rings. The summed E-state index contributed by atoms with van der Waals surface area (Å²) in [5.74, 6) is 0.666. The van der Waals surface area contributed by atoms with E-state index in [1.165, 1.54) is 12.3 Å². The van der Waals surface area contributed by atoms with Crippen molar-refractivity contribution in [3.05, 3.63) is 48.2 Å². The molecule has 138 valence electrons. The number of alkyl halides is 3. The molecular weight excluding hydrogens is 347 g/mol. The lowest BCUT2D eigenvalue weighted by Crippen LogP contribution is -2.16. The first-order chi connectivity index (χ1) is 12.4. The number of benzene rings is 1. The fraction of sp³-hybridized carbons (Fsp3) is 0.353. The van der Waals surface area contributed by atoms with Crippen LogP contribution in [0.3, 0.4) is 0 Å². The maximum Gasteiger partial charge on any atom is 0.418 e. The Hall–Kier alpha value is -2.68. The Balaban J connectivity index is 1.93. The predicted octanol–water partition coefficient (Wildman–Crippen LogP) is 3.66. The van der Waals surface area contributed by atoms with E-state index < -0.39 is 11.7 Å². The van der Waals surface area contributed by atoms with Crippen LogP contribution in [0.15, 0.2) is 36.8 Å². The summed E-state index contributed by atoms with van der Waals surface area (Å²) in [6, 6.07) is 5.40. The van der Waals surface area contributed by atoms with E-state index in [9.17, 15) is 13.2 Å². The number of aromatic nitrogens is 4. The molecule has 3 rings (SSSR count). The van der Waals surface area contributed by atoms with Crippen molar-refractivity contribution in [1.82, 2.24) is 19.7 Å². The topological polar surface area (TPSA) is 64.9 Å². The summed E-state index contributed by atoms with van der Waals surface area (Å²) in [5, 5.41) is 11.6. The number of para-hydroxylation sites is 1. The molecule has 1 aromatic carbocycles. The smallest absolute Gasteiger partial charge is 0.383 e. The molecule has 26 heavy (non-hydrogen) atoms. The Morgan fingerprint density at radius 3 is 2.81 bits per heavy atom. The van der Waals surface area contributed by atoms with E-state index in [0.29, 0.717) is 30.0 Å². The third-order valence-electron chi connectivity index (χ3n) is 4.02. The van der Waals surface area contributed by atoms with E-state index in [-0.39, 0.29) is 11.6 Å². The second-order valence-corrected chi connectivity index (χ2v) is 5.80. The van der Waals surface area contributed by atoms with Crippen LogP contribution in [0.2, 0.25) is 0 Å². The molecule has 0 spiro atoms. The molecule has 0 aliphatic carbocycles. The van der Waals surface area contributed by atoms with Gasteiger partial charge >= 0.3 is 6.18 Å². The predicted molar refractivity (Wildman–Crippen MR) is 90.7 cm³/mol. The highest BCUT2D eigenvalue weighted by Gasteiger charge is 2.33. The van der Waals surface area contributed by atoms with Gasteiger partial charge in [-0.25, -0.2) is 0 Å². The number of anilines is 1. The molecule has 1 N–H and O–H groups in total. The number of hydrogen-bond acceptors (Lipinski definition) is 5. The second-order valence-electron chi connectivity index (χ2n) is 5.80. The average Bonchev–Trinajstić information content (AvgIpc) is 3.07. The first kappa shape index (κ1) is 18.1. The minimum Gasteiger partial charge on any atom is -0.383 e. The van der Waals surface area contributed by atoms with E-state index in [2.05, 4.69) is 20.5 Å². The molecule has 0 bridgehead atoms. The van der Waals surface area contributed by atoms with Crippen molar-refractivity contribution < 1.29 is 17.9 Å². The van der Waals surface area contributed by atoms with Gasteiger partial charge in [-0.15, -0.1) is 10.2 Å². The van der Waals surface area contributed by atoms with Crippen LogP contribution in [0.25, 0.3) is 10.9 Å². The Bertz CT molecular complexity index is 893. The quantitative estimate of drug-likeness (QED) is 0.722. The molecule has 0 aliphatic rings. The molecule has 2 aromatic heterocycles. The number of hydrogen-bond donors (Lipinski definition) is 1. The van der Waals surface area contributed by atoms with Gasteiger partial charge in [0.2, 0.25) is 0 Å². The fourth-order valence-electron chi connectivity index (χ4n) is 2.79. The standard InChI is InChI=1S/C17H18F3N5O/c1-11(16-24-22-10-25(16)8-9-26-2)23-14-6-7-21-15-12(14)4-3-5-13(15)17(18,19)20/h3-7,10-11H,8-9H2,1-2H3,(H,21,23). The number of fused-ring (bicyclic) bond motifs is 1. The minimum absolute atomic E-state index is 0.0851. The van der Waals surface area contributed by atoms with Gasteiger partial charge in [0.15, 0.2) is 5.82 Å². The zero-order chi connectivity index (χ0) is 18.7. The maximum atomic E-state index is 13.2. The van der Waals surface area contributed by atoms with Crippen LogP contribution in [0.5, 0.6) is 0 Å². The highest BCUT2D eigenvalue weighted by atomic mass is 19.4. The average molecular weight is 365 g/mol. The van der Waals surface area contributed by atoms with E-state index >= 15 is 0 Å². The Morgan fingerprint density at radius 2 is 2.08 bits per heavy atom. The van der Waals surface area contributed by atoms with Gasteiger partial charge < -0.3 is 14.6 Å². The van der Waals surface area contributed by atoms with Gasteiger partial charge in [-0.2, -0.15) is 13.2 Å². The summed E-state index contributed by atoms with van der Waals surface area (Å²) >= 11 is 0. The van der Waals surface area contributed by atoms with Gasteiger partial charge in [-0.3, -0.25) is 4.98 Å². The van der Waals surface area contributed by atoms with Crippen molar-refractivity contribution in [3.8, 4) is 0 Å². The molecule has 9 heteroatoms. The second kappa shape index (κ2) is 7.28. The third-order valence-corrected chi connectivity index (χ3v) is 4.02. The maximum absolute atomic E-state index is 13.2. The van der Waals surface area contributed by atoms with Crippen LogP contribution < -0.4 is 5.32 Å². The van der Waals surface area contributed by atoms with Crippen LogP contribution in [0, 0.1) is 0 Å². The number of rotatable bonds is 6. The van der Waals surface area contributed by atoms with E-state index in [4.69, 9.17) is 4.74 Å². The molecule has 3 aromatic rings. The van der Waals surface area contributed by atoms with Crippen molar-refractivity contribution in [2.75, 3.05) is 19.0 Å². The number of pyridine rings is 1. The number of nitrogens with zero attached hydrogens (tertiary/aromatic N) is 4. The van der Waals surface area contributed by atoms with Crippen molar-refractivity contribution in [2.24, 2.45) is 0 Å². The van der Waals surface area contributed by atoms with Crippen molar-refractivity contribution in [3.63, 3.8) is 0 Å². The number of methoxy groups -OCH3 is 1.